The number of hydrogen-bond acceptors (Lipinski definition) is 9. The van der Waals surface area contributed by atoms with Crippen LogP contribution in [0.2, 0.25) is 0 Å². The SMILES string of the molecule is CC(OC(=O)CCC(=O)OC1CC[N+](C)(C)C1)OC(=O)OC(C(=O)OC1CC2C13CCC3[N+]21CCCC1)(c1ccccc1)c1ccccc1. The van der Waals surface area contributed by atoms with Crippen LogP contribution in [0.1, 0.15) is 69.4 Å². The van der Waals surface area contributed by atoms with Gasteiger partial charge in [-0.15, -0.1) is 0 Å². The van der Waals surface area contributed by atoms with Gasteiger partial charge in [-0.25, -0.2) is 9.59 Å². The molecule has 2 aromatic carbocycles. The van der Waals surface area contributed by atoms with Gasteiger partial charge in [0.1, 0.15) is 30.1 Å². The number of piperidine rings is 2. The normalized spacial score (nSPS) is 29.1. The number of likely N-dealkylation sites (tertiary alicyclic amines) is 1. The molecule has 0 N–H and O–H groups in total. The fourth-order valence-electron chi connectivity index (χ4n) is 9.78. The van der Waals surface area contributed by atoms with Crippen molar-refractivity contribution in [1.29, 1.82) is 0 Å². The first-order chi connectivity index (χ1) is 23.5. The van der Waals surface area contributed by atoms with E-state index < -0.39 is 36.0 Å². The van der Waals surface area contributed by atoms with E-state index in [0.717, 1.165) is 43.3 Å². The summed E-state index contributed by atoms with van der Waals surface area (Å²) in [6.07, 6.45) is 2.95. The second kappa shape index (κ2) is 12.7. The van der Waals surface area contributed by atoms with Gasteiger partial charge in [0, 0.05) is 50.2 Å². The lowest BCUT2D eigenvalue weighted by atomic mass is 9.39. The van der Waals surface area contributed by atoms with Crippen LogP contribution in [0.15, 0.2) is 60.7 Å². The van der Waals surface area contributed by atoms with Gasteiger partial charge in [0.2, 0.25) is 6.29 Å². The molecule has 49 heavy (non-hydrogen) atoms. The first-order valence-electron chi connectivity index (χ1n) is 17.8. The summed E-state index contributed by atoms with van der Waals surface area (Å²) in [7, 11) is 4.16. The first-order valence-corrected chi connectivity index (χ1v) is 17.8. The molecule has 11 nitrogen and oxygen atoms in total. The number of nitrogens with zero attached hydrogens (tertiary/aromatic N) is 2. The molecule has 2 aliphatic carbocycles. The minimum absolute atomic E-state index is 0.0156. The molecule has 2 saturated carbocycles. The number of benzene rings is 2. The van der Waals surface area contributed by atoms with Crippen molar-refractivity contribution in [3.05, 3.63) is 71.8 Å². The van der Waals surface area contributed by atoms with Crippen molar-refractivity contribution < 1.29 is 51.8 Å². The smallest absolute Gasteiger partial charge is 0.458 e. The quantitative estimate of drug-likeness (QED) is 0.146. The monoisotopic (exact) mass is 676 g/mol. The van der Waals surface area contributed by atoms with Gasteiger partial charge in [0.15, 0.2) is 6.10 Å². The largest absolute Gasteiger partial charge is 0.513 e. The van der Waals surface area contributed by atoms with Gasteiger partial charge >= 0.3 is 24.1 Å². The van der Waals surface area contributed by atoms with E-state index in [0.29, 0.717) is 23.2 Å². The summed E-state index contributed by atoms with van der Waals surface area (Å²) < 4.78 is 30.6. The van der Waals surface area contributed by atoms with Crippen LogP contribution in [0.5, 0.6) is 0 Å². The van der Waals surface area contributed by atoms with E-state index in [1.54, 1.807) is 48.5 Å². The van der Waals surface area contributed by atoms with Crippen molar-refractivity contribution >= 4 is 24.1 Å². The topological polar surface area (TPSA) is 114 Å². The third-order valence-corrected chi connectivity index (χ3v) is 12.0. The third kappa shape index (κ3) is 5.78. The molecule has 3 heterocycles. The molecule has 5 aliphatic rings. The highest BCUT2D eigenvalue weighted by Crippen LogP contribution is 2.73. The zero-order valence-corrected chi connectivity index (χ0v) is 28.7. The Bertz CT molecular complexity index is 1520. The third-order valence-electron chi connectivity index (χ3n) is 12.0. The number of likely N-dealkylation sites (N-methyl/N-ethyl adjacent to an activating group) is 1. The first kappa shape index (κ1) is 33.5. The zero-order chi connectivity index (χ0) is 34.4. The van der Waals surface area contributed by atoms with E-state index in [1.165, 1.54) is 37.3 Å². The van der Waals surface area contributed by atoms with Crippen LogP contribution in [0.25, 0.3) is 0 Å². The van der Waals surface area contributed by atoms with Gasteiger partial charge in [-0.05, 0) is 6.42 Å². The second-order valence-corrected chi connectivity index (χ2v) is 15.3. The highest BCUT2D eigenvalue weighted by atomic mass is 16.8. The number of esters is 3. The van der Waals surface area contributed by atoms with Crippen LogP contribution in [-0.4, -0.2) is 104 Å². The maximum atomic E-state index is 14.5. The Morgan fingerprint density at radius 2 is 1.45 bits per heavy atom. The van der Waals surface area contributed by atoms with E-state index in [2.05, 4.69) is 14.1 Å². The summed E-state index contributed by atoms with van der Waals surface area (Å²) in [4.78, 5) is 52.9. The highest BCUT2D eigenvalue weighted by molar-refractivity contribution is 5.88. The lowest BCUT2D eigenvalue weighted by Crippen LogP contribution is -2.94. The average Bonchev–Trinajstić information content (AvgIpc) is 3.67. The van der Waals surface area contributed by atoms with Crippen molar-refractivity contribution in [3.8, 4) is 0 Å². The van der Waals surface area contributed by atoms with Gasteiger partial charge in [0.25, 0.3) is 5.60 Å². The van der Waals surface area contributed by atoms with Gasteiger partial charge in [-0.3, -0.25) is 9.59 Å². The minimum atomic E-state index is -1.97. The van der Waals surface area contributed by atoms with Gasteiger partial charge in [-0.1, -0.05) is 60.7 Å². The predicted octanol–water partition coefficient (Wildman–Crippen LogP) is 4.60. The highest BCUT2D eigenvalue weighted by Gasteiger charge is 2.86. The molecule has 6 atom stereocenters. The second-order valence-electron chi connectivity index (χ2n) is 15.3. The molecule has 0 bridgehead atoms. The fourth-order valence-corrected chi connectivity index (χ4v) is 9.78. The Balaban J connectivity index is 1.02. The Morgan fingerprint density at radius 1 is 0.816 bits per heavy atom. The van der Waals surface area contributed by atoms with Crippen LogP contribution in [0.4, 0.5) is 4.79 Å². The van der Waals surface area contributed by atoms with Crippen molar-refractivity contribution in [2.24, 2.45) is 5.41 Å². The molecule has 2 spiro atoms. The van der Waals surface area contributed by atoms with Gasteiger partial charge in [0.05, 0.1) is 46.6 Å². The standard InChI is InChI=1S/C38H48N2O9/c1-26(45-33(41)16-17-34(42)47-29-19-23-39(2,3)25-29)46-36(44)49-38(27-12-6-4-7-13-27,28-14-8-5-9-15-28)35(43)48-32-24-31-37(32)20-18-30(37)40(31)21-10-11-22-40/h4-9,12-15,26,29-32H,10-11,16-25H2,1-3H3/q+2. The molecule has 0 aromatic heterocycles. The number of carbonyl (C=O) groups is 4. The summed E-state index contributed by atoms with van der Waals surface area (Å²) in [5.74, 6) is -1.89. The van der Waals surface area contributed by atoms with E-state index in [-0.39, 0.29) is 30.5 Å². The molecule has 7 rings (SSSR count). The van der Waals surface area contributed by atoms with Crippen LogP contribution in [-0.2, 0) is 43.7 Å². The van der Waals surface area contributed by atoms with Crippen molar-refractivity contribution in [2.75, 3.05) is 40.3 Å². The van der Waals surface area contributed by atoms with Gasteiger partial charge < -0.3 is 32.7 Å². The minimum Gasteiger partial charge on any atom is -0.458 e. The van der Waals surface area contributed by atoms with E-state index >= 15 is 0 Å². The van der Waals surface area contributed by atoms with Crippen LogP contribution >= 0.6 is 0 Å². The Kier molecular flexibility index (Phi) is 8.71. The molecule has 0 amide bonds. The average molecular weight is 677 g/mol. The predicted molar refractivity (Wildman–Crippen MR) is 175 cm³/mol. The number of ether oxygens (including phenoxy) is 5. The fraction of sp³-hybridized carbons (Fsp3) is 0.579. The summed E-state index contributed by atoms with van der Waals surface area (Å²) in [5, 5.41) is 0. The van der Waals surface area contributed by atoms with E-state index in [9.17, 15) is 19.2 Å². The maximum Gasteiger partial charge on any atom is 0.513 e. The molecule has 6 unspecified atom stereocenters. The van der Waals surface area contributed by atoms with Crippen molar-refractivity contribution in [2.45, 2.75) is 94.5 Å². The summed E-state index contributed by atoms with van der Waals surface area (Å²) in [5.41, 5.74) is -1.13. The molecular formula is C38H48N2O9+2. The maximum absolute atomic E-state index is 14.5. The molecule has 3 aliphatic heterocycles. The molecular weight excluding hydrogens is 628 g/mol. The number of rotatable bonds is 11. The number of quaternary nitrogens is 2. The molecule has 2 aromatic rings. The molecule has 5 fully saturated rings. The summed E-state index contributed by atoms with van der Waals surface area (Å²) in [6, 6.07) is 18.7. The number of fused-ring (bicyclic) bond motifs is 2. The molecule has 262 valence electrons. The summed E-state index contributed by atoms with van der Waals surface area (Å²) in [6.45, 7) is 5.46. The van der Waals surface area contributed by atoms with Crippen molar-refractivity contribution in [3.63, 3.8) is 0 Å². The summed E-state index contributed by atoms with van der Waals surface area (Å²) >= 11 is 0. The molecule has 3 saturated heterocycles. The lowest BCUT2D eigenvalue weighted by molar-refractivity contribution is -1.05. The zero-order valence-electron chi connectivity index (χ0n) is 28.7. The Morgan fingerprint density at radius 3 is 2.00 bits per heavy atom. The number of hydrogen-bond donors (Lipinski definition) is 0. The van der Waals surface area contributed by atoms with E-state index in [4.69, 9.17) is 23.7 Å². The molecule has 0 radical (unpaired) electrons. The van der Waals surface area contributed by atoms with E-state index in [1.807, 2.05) is 12.1 Å². The van der Waals surface area contributed by atoms with Crippen LogP contribution in [0, 0.1) is 5.41 Å². The number of carbonyl (C=O) groups excluding carboxylic acids is 4. The van der Waals surface area contributed by atoms with Gasteiger partial charge in [-0.2, -0.15) is 0 Å². The molecule has 11 heteroatoms. The lowest BCUT2D eigenvalue weighted by Gasteiger charge is -2.80. The van der Waals surface area contributed by atoms with Crippen LogP contribution < -0.4 is 0 Å². The van der Waals surface area contributed by atoms with Crippen LogP contribution in [0.3, 0.4) is 0 Å². The Labute approximate surface area is 287 Å². The Hall–Kier alpha value is -3.96. The van der Waals surface area contributed by atoms with Crippen molar-refractivity contribution in [1.82, 2.24) is 0 Å².